The van der Waals surface area contributed by atoms with Crippen molar-refractivity contribution in [3.8, 4) is 11.5 Å². The maximum absolute atomic E-state index is 13.0. The molecule has 7 heteroatoms. The van der Waals surface area contributed by atoms with E-state index in [1.54, 1.807) is 19.1 Å². The van der Waals surface area contributed by atoms with Gasteiger partial charge in [0.05, 0.1) is 11.1 Å². The number of carboxylic acid groups (broad SMARTS) is 1. The third kappa shape index (κ3) is 5.71. The smallest absolute Gasteiger partial charge is 0.320 e. The van der Waals surface area contributed by atoms with Gasteiger partial charge in [0, 0.05) is 6.54 Å². The number of benzene rings is 2. The molecule has 0 aliphatic heterocycles. The van der Waals surface area contributed by atoms with Crippen LogP contribution in [0.1, 0.15) is 25.0 Å². The Kier molecular flexibility index (Phi) is 7.41. The molecule has 2 aromatic carbocycles. The molecule has 0 spiro atoms. The zero-order valence-electron chi connectivity index (χ0n) is 14.6. The van der Waals surface area contributed by atoms with Crippen molar-refractivity contribution < 1.29 is 23.8 Å². The molecule has 0 amide bonds. The van der Waals surface area contributed by atoms with Crippen LogP contribution in [0.4, 0.5) is 4.39 Å². The number of aliphatic carboxylic acids is 1. The van der Waals surface area contributed by atoms with Crippen molar-refractivity contribution >= 4 is 21.9 Å². The van der Waals surface area contributed by atoms with E-state index in [0.29, 0.717) is 29.1 Å². The van der Waals surface area contributed by atoms with E-state index in [1.807, 2.05) is 19.1 Å². The molecule has 140 valence electrons. The summed E-state index contributed by atoms with van der Waals surface area (Å²) in [5, 5.41) is 11.9. The Morgan fingerprint density at radius 2 is 1.92 bits per heavy atom. The van der Waals surface area contributed by atoms with Gasteiger partial charge in [0.2, 0.25) is 0 Å². The van der Waals surface area contributed by atoms with Crippen molar-refractivity contribution in [2.24, 2.45) is 0 Å². The molecule has 0 aromatic heterocycles. The van der Waals surface area contributed by atoms with Crippen LogP contribution in [0.5, 0.6) is 11.5 Å². The normalized spacial score (nSPS) is 11.8. The topological polar surface area (TPSA) is 67.8 Å². The Hall–Kier alpha value is -2.12. The number of carboxylic acids is 1. The molecular weight excluding hydrogens is 405 g/mol. The molecule has 1 atom stereocenters. The van der Waals surface area contributed by atoms with Crippen molar-refractivity contribution in [3.05, 3.63) is 57.8 Å². The van der Waals surface area contributed by atoms with Gasteiger partial charge in [-0.05, 0) is 65.2 Å². The van der Waals surface area contributed by atoms with E-state index < -0.39 is 12.0 Å². The average molecular weight is 426 g/mol. The van der Waals surface area contributed by atoms with Crippen LogP contribution in [0, 0.1) is 5.82 Å². The minimum absolute atomic E-state index is 0.270. The molecule has 5 nitrogen and oxygen atoms in total. The third-order valence-corrected chi connectivity index (χ3v) is 4.24. The van der Waals surface area contributed by atoms with Crippen LogP contribution in [-0.4, -0.2) is 23.7 Å². The summed E-state index contributed by atoms with van der Waals surface area (Å²) >= 11 is 3.48. The number of hydrogen-bond acceptors (Lipinski definition) is 4. The van der Waals surface area contributed by atoms with E-state index in [-0.39, 0.29) is 12.4 Å². The van der Waals surface area contributed by atoms with Gasteiger partial charge in [0.25, 0.3) is 0 Å². The first-order valence-electron chi connectivity index (χ1n) is 8.19. The fourth-order valence-corrected chi connectivity index (χ4v) is 2.82. The Morgan fingerprint density at radius 3 is 2.54 bits per heavy atom. The Labute approximate surface area is 160 Å². The molecule has 0 radical (unpaired) electrons. The maximum Gasteiger partial charge on any atom is 0.320 e. The minimum Gasteiger partial charge on any atom is -0.490 e. The summed E-state index contributed by atoms with van der Waals surface area (Å²) in [5.74, 6) is -0.0966. The zero-order chi connectivity index (χ0) is 19.1. The SMILES string of the molecule is CCOc1cc(CNC(C)C(=O)O)cc(Br)c1OCc1ccc(F)cc1. The highest BCUT2D eigenvalue weighted by atomic mass is 79.9. The number of rotatable bonds is 9. The second-order valence-corrected chi connectivity index (χ2v) is 6.55. The van der Waals surface area contributed by atoms with Gasteiger partial charge >= 0.3 is 5.97 Å². The van der Waals surface area contributed by atoms with Crippen molar-refractivity contribution in [1.82, 2.24) is 5.32 Å². The Morgan fingerprint density at radius 1 is 1.23 bits per heavy atom. The highest BCUT2D eigenvalue weighted by Gasteiger charge is 2.15. The summed E-state index contributed by atoms with van der Waals surface area (Å²) in [4.78, 5) is 10.9. The average Bonchev–Trinajstić information content (AvgIpc) is 2.60. The van der Waals surface area contributed by atoms with Crippen LogP contribution >= 0.6 is 15.9 Å². The van der Waals surface area contributed by atoms with E-state index in [2.05, 4.69) is 21.2 Å². The second kappa shape index (κ2) is 9.54. The summed E-state index contributed by atoms with van der Waals surface area (Å²) in [6.45, 7) is 4.56. The molecule has 2 N–H and O–H groups in total. The van der Waals surface area contributed by atoms with Gasteiger partial charge in [-0.3, -0.25) is 4.79 Å². The molecule has 0 fully saturated rings. The lowest BCUT2D eigenvalue weighted by Gasteiger charge is -2.16. The zero-order valence-corrected chi connectivity index (χ0v) is 16.2. The number of halogens is 2. The predicted molar refractivity (Wildman–Crippen MR) is 100.0 cm³/mol. The molecule has 0 heterocycles. The first kappa shape index (κ1) is 20.2. The minimum atomic E-state index is -0.909. The van der Waals surface area contributed by atoms with Gasteiger partial charge in [-0.2, -0.15) is 0 Å². The lowest BCUT2D eigenvalue weighted by atomic mass is 10.2. The third-order valence-electron chi connectivity index (χ3n) is 3.65. The number of nitrogens with one attached hydrogen (secondary N) is 1. The van der Waals surface area contributed by atoms with Gasteiger partial charge in [0.15, 0.2) is 11.5 Å². The molecular formula is C19H21BrFNO4. The molecule has 0 aliphatic carbocycles. The van der Waals surface area contributed by atoms with Gasteiger partial charge in [-0.15, -0.1) is 0 Å². The number of hydrogen-bond donors (Lipinski definition) is 2. The molecule has 2 aromatic rings. The van der Waals surface area contributed by atoms with E-state index >= 15 is 0 Å². The number of ether oxygens (including phenoxy) is 2. The van der Waals surface area contributed by atoms with Gasteiger partial charge < -0.3 is 19.9 Å². The molecule has 0 saturated heterocycles. The molecule has 0 aliphatic rings. The first-order valence-corrected chi connectivity index (χ1v) is 8.98. The van der Waals surface area contributed by atoms with Crippen LogP contribution in [0.3, 0.4) is 0 Å². The van der Waals surface area contributed by atoms with E-state index in [1.165, 1.54) is 12.1 Å². The van der Waals surface area contributed by atoms with Gasteiger partial charge in [-0.1, -0.05) is 12.1 Å². The van der Waals surface area contributed by atoms with E-state index in [9.17, 15) is 9.18 Å². The monoisotopic (exact) mass is 425 g/mol. The summed E-state index contributed by atoms with van der Waals surface area (Å²) in [7, 11) is 0. The quantitative estimate of drug-likeness (QED) is 0.631. The summed E-state index contributed by atoms with van der Waals surface area (Å²) < 4.78 is 25.2. The highest BCUT2D eigenvalue weighted by molar-refractivity contribution is 9.10. The van der Waals surface area contributed by atoms with Crippen molar-refractivity contribution in [3.63, 3.8) is 0 Å². The Bertz CT molecular complexity index is 752. The first-order chi connectivity index (χ1) is 12.4. The molecule has 26 heavy (non-hydrogen) atoms. The molecule has 1 unspecified atom stereocenters. The molecule has 0 saturated carbocycles. The summed E-state index contributed by atoms with van der Waals surface area (Å²) in [5.41, 5.74) is 1.70. The predicted octanol–water partition coefficient (Wildman–Crippen LogP) is 4.13. The fourth-order valence-electron chi connectivity index (χ4n) is 2.22. The van der Waals surface area contributed by atoms with Crippen molar-refractivity contribution in [2.45, 2.75) is 33.0 Å². The van der Waals surface area contributed by atoms with Crippen LogP contribution in [0.25, 0.3) is 0 Å². The van der Waals surface area contributed by atoms with Crippen molar-refractivity contribution in [2.75, 3.05) is 6.61 Å². The van der Waals surface area contributed by atoms with Crippen LogP contribution in [0.2, 0.25) is 0 Å². The largest absolute Gasteiger partial charge is 0.490 e. The second-order valence-electron chi connectivity index (χ2n) is 5.69. The van der Waals surface area contributed by atoms with Crippen molar-refractivity contribution in [1.29, 1.82) is 0 Å². The molecule has 2 rings (SSSR count). The highest BCUT2D eigenvalue weighted by Crippen LogP contribution is 2.37. The maximum atomic E-state index is 13.0. The summed E-state index contributed by atoms with van der Waals surface area (Å²) in [6.07, 6.45) is 0. The molecule has 0 bridgehead atoms. The van der Waals surface area contributed by atoms with Crippen LogP contribution in [0.15, 0.2) is 40.9 Å². The van der Waals surface area contributed by atoms with Crippen LogP contribution < -0.4 is 14.8 Å². The van der Waals surface area contributed by atoms with E-state index in [0.717, 1.165) is 11.1 Å². The van der Waals surface area contributed by atoms with Gasteiger partial charge in [-0.25, -0.2) is 4.39 Å². The van der Waals surface area contributed by atoms with Crippen LogP contribution in [-0.2, 0) is 17.9 Å². The summed E-state index contributed by atoms with van der Waals surface area (Å²) in [6, 6.07) is 9.11. The fraction of sp³-hybridized carbons (Fsp3) is 0.316. The van der Waals surface area contributed by atoms with Gasteiger partial charge in [0.1, 0.15) is 18.5 Å². The Balaban J connectivity index is 2.14. The standard InChI is InChI=1S/C19H21BrFNO4/c1-3-25-17-9-14(10-22-12(2)19(23)24)8-16(20)18(17)26-11-13-4-6-15(21)7-5-13/h4-9,12,22H,3,10-11H2,1-2H3,(H,23,24). The lowest BCUT2D eigenvalue weighted by Crippen LogP contribution is -2.33. The lowest BCUT2D eigenvalue weighted by molar-refractivity contribution is -0.139. The van der Waals surface area contributed by atoms with E-state index in [4.69, 9.17) is 14.6 Å². The number of carbonyl (C=O) groups is 1.